The predicted molar refractivity (Wildman–Crippen MR) is 96.0 cm³/mol. The third-order valence-electron chi connectivity index (χ3n) is 3.73. The number of carbonyl (C=O) groups is 1. The second kappa shape index (κ2) is 9.78. The fourth-order valence-electron chi connectivity index (χ4n) is 2.35. The van der Waals surface area contributed by atoms with Crippen LogP contribution in [-0.2, 0) is 11.3 Å². The number of halogens is 1. The number of carbonyl (C=O) groups excluding carboxylic acids is 1. The van der Waals surface area contributed by atoms with Crippen LogP contribution in [0.2, 0.25) is 0 Å². The number of benzene rings is 1. The van der Waals surface area contributed by atoms with Crippen LogP contribution < -0.4 is 0 Å². The SMILES string of the molecule is C=C/C=C\CC.CCC(Cn1ccc2cc(F)ccc21)C(C)=O. The Morgan fingerprint density at radius 3 is 2.61 bits per heavy atom. The summed E-state index contributed by atoms with van der Waals surface area (Å²) in [6.45, 7) is 9.91. The summed E-state index contributed by atoms with van der Waals surface area (Å²) in [6, 6.07) is 6.61. The second-order valence-electron chi connectivity index (χ2n) is 5.46. The fourth-order valence-corrected chi connectivity index (χ4v) is 2.35. The standard InChI is InChI=1S/C14H16FNO.C6H10/c1-3-11(10(2)17)9-16-7-6-12-8-13(15)4-5-14(12)16;1-3-5-6-4-2/h4-8,11H,3,9H2,1-2H3;3,5-6H,1,4H2,2H3/b;6-5-. The zero-order valence-electron chi connectivity index (χ0n) is 14.3. The van der Waals surface area contributed by atoms with E-state index in [1.807, 2.05) is 29.8 Å². The molecule has 2 aromatic rings. The first-order valence-corrected chi connectivity index (χ1v) is 8.05. The van der Waals surface area contributed by atoms with E-state index in [0.717, 1.165) is 23.7 Å². The molecule has 0 aliphatic rings. The average Bonchev–Trinajstić information content (AvgIpc) is 2.92. The highest BCUT2D eigenvalue weighted by molar-refractivity contribution is 5.81. The van der Waals surface area contributed by atoms with Crippen molar-refractivity contribution >= 4 is 16.7 Å². The summed E-state index contributed by atoms with van der Waals surface area (Å²) in [7, 11) is 0. The molecule has 0 saturated carbocycles. The number of allylic oxidation sites excluding steroid dienone is 3. The number of ketones is 1. The third-order valence-corrected chi connectivity index (χ3v) is 3.73. The Labute approximate surface area is 138 Å². The van der Waals surface area contributed by atoms with Crippen molar-refractivity contribution in [3.05, 3.63) is 61.1 Å². The van der Waals surface area contributed by atoms with E-state index in [9.17, 15) is 9.18 Å². The lowest BCUT2D eigenvalue weighted by Crippen LogP contribution is -2.16. The number of Topliss-reactive ketones (excluding diaryl/α,β-unsaturated/α-hetero) is 1. The van der Waals surface area contributed by atoms with Crippen molar-refractivity contribution in [1.82, 2.24) is 4.57 Å². The maximum atomic E-state index is 13.0. The van der Waals surface area contributed by atoms with Crippen LogP contribution in [0.1, 0.15) is 33.6 Å². The van der Waals surface area contributed by atoms with Gasteiger partial charge < -0.3 is 4.57 Å². The van der Waals surface area contributed by atoms with Crippen LogP contribution in [0.25, 0.3) is 10.9 Å². The van der Waals surface area contributed by atoms with Gasteiger partial charge in [-0.25, -0.2) is 4.39 Å². The molecule has 0 spiro atoms. The maximum Gasteiger partial charge on any atom is 0.134 e. The van der Waals surface area contributed by atoms with E-state index in [4.69, 9.17) is 0 Å². The highest BCUT2D eigenvalue weighted by atomic mass is 19.1. The molecule has 0 saturated heterocycles. The highest BCUT2D eigenvalue weighted by Crippen LogP contribution is 2.19. The summed E-state index contributed by atoms with van der Waals surface area (Å²) in [6.07, 6.45) is 9.63. The quantitative estimate of drug-likeness (QED) is 0.642. The zero-order chi connectivity index (χ0) is 17.2. The van der Waals surface area contributed by atoms with Crippen molar-refractivity contribution in [2.24, 2.45) is 5.92 Å². The lowest BCUT2D eigenvalue weighted by atomic mass is 10.0. The molecule has 0 fully saturated rings. The van der Waals surface area contributed by atoms with Gasteiger partial charge in [-0.15, -0.1) is 0 Å². The van der Waals surface area contributed by atoms with Gasteiger partial charge in [0.25, 0.3) is 0 Å². The summed E-state index contributed by atoms with van der Waals surface area (Å²) in [5, 5.41) is 0.878. The fraction of sp³-hybridized carbons (Fsp3) is 0.350. The van der Waals surface area contributed by atoms with Crippen LogP contribution in [0.15, 0.2) is 55.3 Å². The first kappa shape index (κ1) is 18.9. The van der Waals surface area contributed by atoms with Crippen LogP contribution in [0, 0.1) is 11.7 Å². The molecule has 23 heavy (non-hydrogen) atoms. The summed E-state index contributed by atoms with van der Waals surface area (Å²) in [5.74, 6) is 0.0148. The molecule has 1 heterocycles. The molecule has 2 nitrogen and oxygen atoms in total. The average molecular weight is 315 g/mol. The molecule has 0 aliphatic heterocycles. The van der Waals surface area contributed by atoms with E-state index < -0.39 is 0 Å². The van der Waals surface area contributed by atoms with E-state index in [2.05, 4.69) is 19.6 Å². The Kier molecular flexibility index (Phi) is 8.03. The van der Waals surface area contributed by atoms with Crippen molar-refractivity contribution in [2.45, 2.75) is 40.2 Å². The molecule has 1 atom stereocenters. The number of aromatic nitrogens is 1. The van der Waals surface area contributed by atoms with Crippen molar-refractivity contribution < 1.29 is 9.18 Å². The number of rotatable bonds is 6. The Morgan fingerprint density at radius 2 is 2.09 bits per heavy atom. The van der Waals surface area contributed by atoms with Gasteiger partial charge in [-0.2, -0.15) is 0 Å². The molecule has 124 valence electrons. The molecule has 2 rings (SSSR count). The van der Waals surface area contributed by atoms with Crippen LogP contribution in [-0.4, -0.2) is 10.4 Å². The van der Waals surface area contributed by atoms with E-state index in [1.165, 1.54) is 12.1 Å². The molecule has 0 N–H and O–H groups in total. The summed E-state index contributed by atoms with van der Waals surface area (Å²) >= 11 is 0. The van der Waals surface area contributed by atoms with Crippen LogP contribution in [0.3, 0.4) is 0 Å². The van der Waals surface area contributed by atoms with Crippen LogP contribution in [0.4, 0.5) is 4.39 Å². The zero-order valence-corrected chi connectivity index (χ0v) is 14.3. The molecule has 1 aromatic carbocycles. The molecule has 1 aromatic heterocycles. The summed E-state index contributed by atoms with van der Waals surface area (Å²) < 4.78 is 15.1. The molecular formula is C20H26FNO. The van der Waals surface area contributed by atoms with E-state index >= 15 is 0 Å². The van der Waals surface area contributed by atoms with Crippen LogP contribution in [0.5, 0.6) is 0 Å². The first-order chi connectivity index (χ1) is 11.0. The molecule has 0 aliphatic carbocycles. The van der Waals surface area contributed by atoms with Crippen molar-refractivity contribution in [1.29, 1.82) is 0 Å². The molecule has 0 radical (unpaired) electrons. The minimum absolute atomic E-state index is 0.0376. The van der Waals surface area contributed by atoms with Crippen LogP contribution >= 0.6 is 0 Å². The number of hydrogen-bond acceptors (Lipinski definition) is 1. The van der Waals surface area contributed by atoms with Crippen molar-refractivity contribution in [2.75, 3.05) is 0 Å². The van der Waals surface area contributed by atoms with E-state index in [-0.39, 0.29) is 17.5 Å². The summed E-state index contributed by atoms with van der Waals surface area (Å²) in [4.78, 5) is 11.4. The largest absolute Gasteiger partial charge is 0.347 e. The van der Waals surface area contributed by atoms with Gasteiger partial charge in [0.05, 0.1) is 0 Å². The van der Waals surface area contributed by atoms with E-state index in [1.54, 1.807) is 19.1 Å². The van der Waals surface area contributed by atoms with Gasteiger partial charge in [0.2, 0.25) is 0 Å². The minimum atomic E-state index is -0.228. The van der Waals surface area contributed by atoms with Gasteiger partial charge in [0, 0.05) is 29.6 Å². The molecule has 0 amide bonds. The molecular weight excluding hydrogens is 289 g/mol. The lowest BCUT2D eigenvalue weighted by molar-refractivity contribution is -0.121. The number of hydrogen-bond donors (Lipinski definition) is 0. The Hall–Kier alpha value is -2.16. The Bertz CT molecular complexity index is 669. The maximum absolute atomic E-state index is 13.0. The Balaban J connectivity index is 0.000000379. The van der Waals surface area contributed by atoms with Gasteiger partial charge in [0.1, 0.15) is 11.6 Å². The molecule has 0 bridgehead atoms. The van der Waals surface area contributed by atoms with Gasteiger partial charge in [0.15, 0.2) is 0 Å². The van der Waals surface area contributed by atoms with Gasteiger partial charge in [-0.3, -0.25) is 4.79 Å². The summed E-state index contributed by atoms with van der Waals surface area (Å²) in [5.41, 5.74) is 0.978. The predicted octanol–water partition coefficient (Wildman–Crippen LogP) is 5.53. The van der Waals surface area contributed by atoms with Gasteiger partial charge in [-0.1, -0.05) is 38.7 Å². The van der Waals surface area contributed by atoms with Gasteiger partial charge >= 0.3 is 0 Å². The topological polar surface area (TPSA) is 22.0 Å². The van der Waals surface area contributed by atoms with Crippen molar-refractivity contribution in [3.63, 3.8) is 0 Å². The second-order valence-corrected chi connectivity index (χ2v) is 5.46. The lowest BCUT2D eigenvalue weighted by Gasteiger charge is -2.13. The monoisotopic (exact) mass is 315 g/mol. The van der Waals surface area contributed by atoms with Crippen molar-refractivity contribution in [3.8, 4) is 0 Å². The first-order valence-electron chi connectivity index (χ1n) is 8.05. The normalized spacial score (nSPS) is 12.0. The minimum Gasteiger partial charge on any atom is -0.347 e. The smallest absolute Gasteiger partial charge is 0.134 e. The number of fused-ring (bicyclic) bond motifs is 1. The Morgan fingerprint density at radius 1 is 1.35 bits per heavy atom. The molecule has 3 heteroatoms. The highest BCUT2D eigenvalue weighted by Gasteiger charge is 2.13. The molecule has 1 unspecified atom stereocenters. The third kappa shape index (κ3) is 5.85. The number of nitrogens with zero attached hydrogens (tertiary/aromatic N) is 1. The van der Waals surface area contributed by atoms with E-state index in [0.29, 0.717) is 6.54 Å². The van der Waals surface area contributed by atoms with Gasteiger partial charge in [-0.05, 0) is 44.0 Å².